The quantitative estimate of drug-likeness (QED) is 0.361. The lowest BCUT2D eigenvalue weighted by Crippen LogP contribution is -2.53. The largest absolute Gasteiger partial charge is 0.456 e. The number of ether oxygens (including phenoxy) is 1. The molecular weight excluding hydrogens is 414 g/mol. The van der Waals surface area contributed by atoms with E-state index in [-0.39, 0.29) is 30.0 Å². The number of nitrogens with zero attached hydrogens (tertiary/aromatic N) is 1. The second-order valence-electron chi connectivity index (χ2n) is 9.62. The average molecular weight is 444 g/mol. The molecule has 0 unspecified atom stereocenters. The summed E-state index contributed by atoms with van der Waals surface area (Å²) in [4.78, 5) is 47.4. The number of nitro groups is 1. The fourth-order valence-corrected chi connectivity index (χ4v) is 6.22. The van der Waals surface area contributed by atoms with Gasteiger partial charge in [-0.25, -0.2) is 0 Å². The van der Waals surface area contributed by atoms with Gasteiger partial charge in [-0.05, 0) is 69.3 Å². The Morgan fingerprint density at radius 2 is 1.75 bits per heavy atom. The van der Waals surface area contributed by atoms with Crippen molar-refractivity contribution in [3.05, 3.63) is 33.9 Å². The average Bonchev–Trinajstić information content (AvgIpc) is 2.72. The third kappa shape index (κ3) is 4.61. The van der Waals surface area contributed by atoms with Gasteiger partial charge in [-0.2, -0.15) is 0 Å². The summed E-state index contributed by atoms with van der Waals surface area (Å²) in [6.45, 7) is 1.22. The molecule has 0 heterocycles. The highest BCUT2D eigenvalue weighted by Crippen LogP contribution is 2.60. The van der Waals surface area contributed by atoms with E-state index in [1.807, 2.05) is 0 Å². The molecule has 9 heteroatoms. The number of amides is 2. The van der Waals surface area contributed by atoms with Gasteiger partial charge >= 0.3 is 5.97 Å². The second-order valence-corrected chi connectivity index (χ2v) is 9.62. The molecule has 32 heavy (non-hydrogen) atoms. The van der Waals surface area contributed by atoms with Crippen molar-refractivity contribution < 1.29 is 24.0 Å². The molecule has 5 rings (SSSR count). The molecule has 1 aromatic carbocycles. The summed E-state index contributed by atoms with van der Waals surface area (Å²) >= 11 is 0. The van der Waals surface area contributed by atoms with Gasteiger partial charge in [-0.15, -0.1) is 0 Å². The van der Waals surface area contributed by atoms with Crippen molar-refractivity contribution in [3.63, 3.8) is 0 Å². The Hall–Kier alpha value is -2.97. The summed E-state index contributed by atoms with van der Waals surface area (Å²) in [5.41, 5.74) is 0.261. The molecule has 4 saturated carbocycles. The molecule has 0 radical (unpaired) electrons. The minimum absolute atomic E-state index is 0.0127. The number of benzene rings is 1. The molecule has 4 aliphatic rings. The van der Waals surface area contributed by atoms with Gasteiger partial charge in [0.25, 0.3) is 11.6 Å². The number of hydrogen-bond donors (Lipinski definition) is 2. The molecule has 4 aliphatic carbocycles. The Morgan fingerprint density at radius 3 is 2.34 bits per heavy atom. The molecule has 0 saturated heterocycles. The Morgan fingerprint density at radius 1 is 1.12 bits per heavy atom. The molecule has 0 atom stereocenters. The van der Waals surface area contributed by atoms with Crippen LogP contribution in [-0.2, 0) is 19.1 Å². The predicted molar refractivity (Wildman–Crippen MR) is 116 cm³/mol. The summed E-state index contributed by atoms with van der Waals surface area (Å²) in [7, 11) is 0. The third-order valence-electron chi connectivity index (χ3n) is 7.27. The summed E-state index contributed by atoms with van der Waals surface area (Å²) in [6.07, 6.45) is 6.66. The van der Waals surface area contributed by atoms with Crippen LogP contribution >= 0.6 is 0 Å². The maximum absolute atomic E-state index is 12.9. The fraction of sp³-hybridized carbons (Fsp3) is 0.609. The van der Waals surface area contributed by atoms with Crippen LogP contribution in [0.3, 0.4) is 0 Å². The van der Waals surface area contributed by atoms with Crippen LogP contribution in [0.15, 0.2) is 18.2 Å². The van der Waals surface area contributed by atoms with E-state index in [2.05, 4.69) is 10.6 Å². The van der Waals surface area contributed by atoms with Crippen molar-refractivity contribution >= 4 is 29.2 Å². The highest BCUT2D eigenvalue weighted by molar-refractivity contribution is 5.94. The molecule has 4 fully saturated rings. The van der Waals surface area contributed by atoms with E-state index in [9.17, 15) is 24.5 Å². The van der Waals surface area contributed by atoms with Crippen molar-refractivity contribution in [1.29, 1.82) is 0 Å². The zero-order chi connectivity index (χ0) is 22.9. The molecule has 0 aliphatic heterocycles. The van der Waals surface area contributed by atoms with Gasteiger partial charge in [0.1, 0.15) is 0 Å². The zero-order valence-corrected chi connectivity index (χ0v) is 18.2. The molecule has 1 aromatic rings. The van der Waals surface area contributed by atoms with Crippen LogP contribution in [0.1, 0.15) is 50.5 Å². The minimum atomic E-state index is -0.584. The van der Waals surface area contributed by atoms with E-state index in [0.717, 1.165) is 19.3 Å². The van der Waals surface area contributed by atoms with E-state index in [4.69, 9.17) is 4.74 Å². The van der Waals surface area contributed by atoms with Gasteiger partial charge in [-0.1, -0.05) is 6.07 Å². The van der Waals surface area contributed by atoms with Crippen molar-refractivity contribution in [2.24, 2.45) is 23.2 Å². The topological polar surface area (TPSA) is 128 Å². The first-order valence-electron chi connectivity index (χ1n) is 11.2. The Labute approximate surface area is 186 Å². The number of esters is 1. The summed E-state index contributed by atoms with van der Waals surface area (Å²) in [5, 5.41) is 16.4. The smallest absolute Gasteiger partial charge is 0.308 e. The standard InChI is InChI=1S/C23H29N3O6/c1-14-18(3-2-4-19(14)26(30)31)25-20(27)13-32-21(28)5-6-24-22(29)23-10-15-7-16(11-23)9-17(8-15)12-23/h2-4,15-17H,5-13H2,1H3,(H,24,29)(H,25,27). The van der Waals surface area contributed by atoms with E-state index in [1.54, 1.807) is 6.07 Å². The van der Waals surface area contributed by atoms with Crippen LogP contribution in [0.5, 0.6) is 0 Å². The van der Waals surface area contributed by atoms with Crippen LogP contribution in [-0.4, -0.2) is 35.9 Å². The lowest BCUT2D eigenvalue weighted by atomic mass is 9.49. The molecule has 9 nitrogen and oxygen atoms in total. The normalized spacial score (nSPS) is 27.6. The number of nitrogens with one attached hydrogen (secondary N) is 2. The highest BCUT2D eigenvalue weighted by atomic mass is 16.6. The van der Waals surface area contributed by atoms with Gasteiger partial charge in [-0.3, -0.25) is 24.5 Å². The Bertz CT molecular complexity index is 908. The first-order chi connectivity index (χ1) is 15.3. The molecule has 4 bridgehead atoms. The molecule has 172 valence electrons. The van der Waals surface area contributed by atoms with Crippen LogP contribution in [0.4, 0.5) is 11.4 Å². The van der Waals surface area contributed by atoms with Crippen LogP contribution in [0.2, 0.25) is 0 Å². The maximum Gasteiger partial charge on any atom is 0.308 e. The lowest BCUT2D eigenvalue weighted by Gasteiger charge is -2.55. The number of rotatable bonds is 8. The maximum atomic E-state index is 12.9. The zero-order valence-electron chi connectivity index (χ0n) is 18.2. The van der Waals surface area contributed by atoms with E-state index in [0.29, 0.717) is 29.0 Å². The number of anilines is 1. The third-order valence-corrected chi connectivity index (χ3v) is 7.27. The van der Waals surface area contributed by atoms with Crippen molar-refractivity contribution in [2.45, 2.75) is 51.9 Å². The lowest BCUT2D eigenvalue weighted by molar-refractivity contribution is -0.385. The molecule has 0 aromatic heterocycles. The predicted octanol–water partition coefficient (Wildman–Crippen LogP) is 3.11. The van der Waals surface area contributed by atoms with E-state index in [1.165, 1.54) is 38.3 Å². The minimum Gasteiger partial charge on any atom is -0.456 e. The highest BCUT2D eigenvalue weighted by Gasteiger charge is 2.54. The molecule has 2 amide bonds. The Kier molecular flexibility index (Phi) is 6.17. The second kappa shape index (κ2) is 8.88. The number of carbonyl (C=O) groups excluding carboxylic acids is 3. The Balaban J connectivity index is 1.19. The van der Waals surface area contributed by atoms with Crippen molar-refractivity contribution in [2.75, 3.05) is 18.5 Å². The molecule has 0 spiro atoms. The van der Waals surface area contributed by atoms with Gasteiger partial charge in [0, 0.05) is 18.0 Å². The summed E-state index contributed by atoms with van der Waals surface area (Å²) in [6, 6.07) is 4.37. The SMILES string of the molecule is Cc1c(NC(=O)COC(=O)CCNC(=O)C23CC4CC(CC(C4)C2)C3)cccc1[N+](=O)[O-]. The van der Waals surface area contributed by atoms with Gasteiger partial charge in [0.15, 0.2) is 6.61 Å². The van der Waals surface area contributed by atoms with Crippen LogP contribution < -0.4 is 10.6 Å². The van der Waals surface area contributed by atoms with Crippen molar-refractivity contribution in [3.8, 4) is 0 Å². The van der Waals surface area contributed by atoms with Gasteiger partial charge in [0.05, 0.1) is 22.6 Å². The summed E-state index contributed by atoms with van der Waals surface area (Å²) < 4.78 is 4.99. The monoisotopic (exact) mass is 443 g/mol. The number of carbonyl (C=O) groups is 3. The van der Waals surface area contributed by atoms with E-state index >= 15 is 0 Å². The van der Waals surface area contributed by atoms with Crippen LogP contribution in [0, 0.1) is 40.2 Å². The first-order valence-corrected chi connectivity index (χ1v) is 11.2. The summed E-state index contributed by atoms with van der Waals surface area (Å²) in [5.74, 6) is 0.907. The number of hydrogen-bond acceptors (Lipinski definition) is 6. The first kappa shape index (κ1) is 22.2. The van der Waals surface area contributed by atoms with E-state index < -0.39 is 23.4 Å². The molecular formula is C23H29N3O6. The van der Waals surface area contributed by atoms with Gasteiger partial charge < -0.3 is 15.4 Å². The van der Waals surface area contributed by atoms with Crippen molar-refractivity contribution in [1.82, 2.24) is 5.32 Å². The van der Waals surface area contributed by atoms with Gasteiger partial charge in [0.2, 0.25) is 5.91 Å². The molecule has 2 N–H and O–H groups in total. The van der Waals surface area contributed by atoms with Crippen LogP contribution in [0.25, 0.3) is 0 Å². The fourth-order valence-electron chi connectivity index (χ4n) is 6.22. The number of nitro benzene ring substituents is 1.